The highest BCUT2D eigenvalue weighted by molar-refractivity contribution is 7.90. The van der Waals surface area contributed by atoms with E-state index in [9.17, 15) is 21.4 Å². The first-order chi connectivity index (χ1) is 23.0. The molecule has 0 fully saturated rings. The van der Waals surface area contributed by atoms with Gasteiger partial charge in [0.05, 0.1) is 9.79 Å². The van der Waals surface area contributed by atoms with Gasteiger partial charge >= 0.3 is 0 Å². The van der Waals surface area contributed by atoms with E-state index in [1.807, 2.05) is 48.5 Å². The molecule has 3 aliphatic rings. The Balaban J connectivity index is 1.35. The van der Waals surface area contributed by atoms with Gasteiger partial charge in [-0.3, -0.25) is 4.55 Å². The Labute approximate surface area is 272 Å². The topological polar surface area (TPSA) is 194 Å². The molecule has 0 aliphatic carbocycles. The number of hydrogen-bond acceptors (Lipinski definition) is 10. The summed E-state index contributed by atoms with van der Waals surface area (Å²) in [5.41, 5.74) is 3.99. The summed E-state index contributed by atoms with van der Waals surface area (Å²) in [7, 11) is -8.00. The molecule has 2 unspecified atom stereocenters. The standard InChI is InChI=1S/C33H24N8O5S2/c1-47(42,43)16-10-12-22-24(14-16)32-38-28-20-8-4-2-6-18(20)27(34-28)37-31-23-13-11-17(48(44,45)46)15-25(23)33(41-31)39-29-21-9-5-3-7-19(21)26(35-29)36-30(22)40-32/h2-15,27,29,40H,1H3,(H,34,38)(H,35,36)(H,37,39,41)(H,44,45,46). The second-order valence-corrected chi connectivity index (χ2v) is 15.2. The molecule has 13 nitrogen and oxygen atoms in total. The molecule has 5 N–H and O–H groups in total. The van der Waals surface area contributed by atoms with E-state index in [-0.39, 0.29) is 9.79 Å². The first-order valence-electron chi connectivity index (χ1n) is 14.8. The molecule has 5 heterocycles. The van der Waals surface area contributed by atoms with Gasteiger partial charge in [0.2, 0.25) is 0 Å². The van der Waals surface area contributed by atoms with Crippen LogP contribution in [-0.2, 0) is 20.0 Å². The highest BCUT2D eigenvalue weighted by Gasteiger charge is 2.29. The van der Waals surface area contributed by atoms with Gasteiger partial charge in [-0.05, 0) is 36.4 Å². The molecule has 2 atom stereocenters. The van der Waals surface area contributed by atoms with Crippen LogP contribution in [0.15, 0.2) is 115 Å². The number of amidine groups is 2. The lowest BCUT2D eigenvalue weighted by Crippen LogP contribution is -2.14. The number of benzene rings is 4. The number of fused-ring (bicyclic) bond motifs is 18. The molecule has 15 heteroatoms. The molecule has 0 saturated carbocycles. The minimum absolute atomic E-state index is 0.171. The number of nitrogens with zero attached hydrogens (tertiary/aromatic N) is 4. The normalized spacial score (nSPS) is 19.6. The molecule has 0 radical (unpaired) electrons. The van der Waals surface area contributed by atoms with E-state index >= 15 is 0 Å². The number of anilines is 2. The molecule has 4 aromatic carbocycles. The summed E-state index contributed by atoms with van der Waals surface area (Å²) < 4.78 is 59.2. The van der Waals surface area contributed by atoms with Gasteiger partial charge in [-0.1, -0.05) is 48.5 Å². The summed E-state index contributed by atoms with van der Waals surface area (Å²) in [5.74, 6) is 2.14. The van der Waals surface area contributed by atoms with Gasteiger partial charge in [-0.15, -0.1) is 0 Å². The molecule has 6 aromatic rings. The average molecular weight is 677 g/mol. The number of sulfone groups is 1. The predicted molar refractivity (Wildman–Crippen MR) is 181 cm³/mol. The average Bonchev–Trinajstić information content (AvgIpc) is 3.79. The highest BCUT2D eigenvalue weighted by atomic mass is 32.2. The molecule has 0 amide bonds. The first kappa shape index (κ1) is 28.6. The molecule has 9 rings (SSSR count). The summed E-state index contributed by atoms with van der Waals surface area (Å²) in [6.07, 6.45) is -0.229. The number of H-pyrrole nitrogens is 2. The van der Waals surface area contributed by atoms with E-state index in [2.05, 4.69) is 20.6 Å². The van der Waals surface area contributed by atoms with Crippen LogP contribution in [0.3, 0.4) is 0 Å². The van der Waals surface area contributed by atoms with E-state index < -0.39 is 32.3 Å². The Bertz CT molecular complexity index is 2820. The second kappa shape index (κ2) is 9.93. The quantitative estimate of drug-likeness (QED) is 0.171. The minimum Gasteiger partial charge on any atom is -0.327 e. The van der Waals surface area contributed by atoms with Crippen molar-refractivity contribution in [1.82, 2.24) is 9.97 Å². The van der Waals surface area contributed by atoms with Gasteiger partial charge < -0.3 is 20.6 Å². The van der Waals surface area contributed by atoms with Gasteiger partial charge in [0, 0.05) is 50.1 Å². The summed E-state index contributed by atoms with van der Waals surface area (Å²) in [5, 5.41) is 9.21. The van der Waals surface area contributed by atoms with Crippen LogP contribution >= 0.6 is 0 Å². The third-order valence-corrected chi connectivity index (χ3v) is 10.7. The van der Waals surface area contributed by atoms with Crippen LogP contribution in [-0.4, -0.2) is 49.3 Å². The van der Waals surface area contributed by atoms with Crippen molar-refractivity contribution in [2.75, 3.05) is 16.9 Å². The Kier molecular flexibility index (Phi) is 5.91. The number of aliphatic imine (C=N–C) groups is 2. The summed E-state index contributed by atoms with van der Waals surface area (Å²) in [4.78, 5) is 26.4. The van der Waals surface area contributed by atoms with Crippen LogP contribution in [0.25, 0.3) is 21.5 Å². The lowest BCUT2D eigenvalue weighted by atomic mass is 10.1. The Morgan fingerprint density at radius 3 is 1.71 bits per heavy atom. The molecule has 48 heavy (non-hydrogen) atoms. The van der Waals surface area contributed by atoms with Gasteiger partial charge in [0.1, 0.15) is 34.3 Å². The fourth-order valence-electron chi connectivity index (χ4n) is 6.45. The summed E-state index contributed by atoms with van der Waals surface area (Å²) >= 11 is 0. The molecule has 3 aliphatic heterocycles. The molecular formula is C33H24N8O5S2. The van der Waals surface area contributed by atoms with Crippen LogP contribution in [0, 0.1) is 0 Å². The van der Waals surface area contributed by atoms with Crippen LogP contribution in [0.4, 0.5) is 11.6 Å². The largest absolute Gasteiger partial charge is 0.327 e. The van der Waals surface area contributed by atoms with E-state index in [0.717, 1.165) is 27.6 Å². The molecule has 0 saturated heterocycles. The Morgan fingerprint density at radius 1 is 0.583 bits per heavy atom. The molecule has 2 aromatic heterocycles. The summed E-state index contributed by atoms with van der Waals surface area (Å²) in [6.45, 7) is 0. The Morgan fingerprint density at radius 2 is 1.10 bits per heavy atom. The van der Waals surface area contributed by atoms with E-state index in [0.29, 0.717) is 50.4 Å². The molecule has 0 spiro atoms. The van der Waals surface area contributed by atoms with Crippen molar-refractivity contribution in [2.45, 2.75) is 22.1 Å². The van der Waals surface area contributed by atoms with E-state index in [4.69, 9.17) is 20.0 Å². The molecule has 8 bridgehead atoms. The zero-order valence-corrected chi connectivity index (χ0v) is 26.6. The van der Waals surface area contributed by atoms with Crippen LogP contribution in [0.5, 0.6) is 0 Å². The lowest BCUT2D eigenvalue weighted by Gasteiger charge is -2.07. The van der Waals surface area contributed by atoms with Gasteiger partial charge in [-0.25, -0.2) is 28.4 Å². The maximum Gasteiger partial charge on any atom is 0.294 e. The van der Waals surface area contributed by atoms with E-state index in [1.165, 1.54) is 18.4 Å². The summed E-state index contributed by atoms with van der Waals surface area (Å²) in [6, 6.07) is 24.5. The van der Waals surface area contributed by atoms with Crippen molar-refractivity contribution in [3.8, 4) is 0 Å². The highest BCUT2D eigenvalue weighted by Crippen LogP contribution is 2.37. The minimum atomic E-state index is -4.50. The van der Waals surface area contributed by atoms with Crippen LogP contribution in [0.2, 0.25) is 0 Å². The van der Waals surface area contributed by atoms with E-state index in [1.54, 1.807) is 24.3 Å². The predicted octanol–water partition coefficient (Wildman–Crippen LogP) is 3.99. The van der Waals surface area contributed by atoms with Gasteiger partial charge in [-0.2, -0.15) is 8.42 Å². The second-order valence-electron chi connectivity index (χ2n) is 11.7. The van der Waals surface area contributed by atoms with Crippen molar-refractivity contribution in [3.63, 3.8) is 0 Å². The van der Waals surface area contributed by atoms with Crippen LogP contribution < -0.4 is 21.6 Å². The first-order valence-corrected chi connectivity index (χ1v) is 18.1. The Hall–Kier alpha value is -5.64. The molecular weight excluding hydrogens is 653 g/mol. The van der Waals surface area contributed by atoms with Crippen molar-refractivity contribution in [3.05, 3.63) is 118 Å². The molecule has 238 valence electrons. The third-order valence-electron chi connectivity index (χ3n) is 8.72. The number of rotatable bonds is 2. The maximum absolute atomic E-state index is 12.6. The van der Waals surface area contributed by atoms with Gasteiger partial charge in [0.25, 0.3) is 10.1 Å². The third kappa shape index (κ3) is 4.46. The van der Waals surface area contributed by atoms with Crippen molar-refractivity contribution in [1.29, 1.82) is 0 Å². The number of hydrogen-bond donors (Lipinski definition) is 5. The van der Waals surface area contributed by atoms with Gasteiger partial charge in [0.15, 0.2) is 22.2 Å². The maximum atomic E-state index is 12.6. The van der Waals surface area contributed by atoms with Crippen LogP contribution in [0.1, 0.15) is 34.6 Å². The fourth-order valence-corrected chi connectivity index (χ4v) is 7.60. The monoisotopic (exact) mass is 676 g/mol. The number of nitrogens with one attached hydrogen (secondary N) is 4. The fraction of sp³-hybridized carbons (Fsp3) is 0.0909. The number of aromatic nitrogens is 2. The lowest BCUT2D eigenvalue weighted by molar-refractivity contribution is 0.483. The number of aromatic amines is 2. The SMILES string of the molecule is CS(=O)(=O)c1ccc2c3[nH]c(c2c1)NC1=NC(/N=c2\[nH]/c(c4cc(S(=O)(=O)O)ccc24)=N\C2N=C(N3)c3ccccc32)c2ccccc21. The zero-order chi connectivity index (χ0) is 32.9. The smallest absolute Gasteiger partial charge is 0.294 e. The zero-order valence-electron chi connectivity index (χ0n) is 24.9. The van der Waals surface area contributed by atoms with Crippen molar-refractivity contribution in [2.24, 2.45) is 20.0 Å². The van der Waals surface area contributed by atoms with Crippen molar-refractivity contribution < 1.29 is 21.4 Å². The van der Waals surface area contributed by atoms with Crippen molar-refractivity contribution >= 4 is 64.8 Å².